The quantitative estimate of drug-likeness (QED) is 0.0289. The standard InChI is InChI=1S/C63H116N2O21/c1-4-6-8-10-12-14-16-17-18-19-20-21-22-23-24-25-27-28-30-32-34-36-45(70)44(65-50(73)37-35-33-31-29-26-15-13-11-9-7-5-2)42-81-60-55(77)54(76)57(49(41-68)83-60)84-61-56(78)59(53(75)48(40-67)82-61)86-63(62(79)80)38-46(71)51(64-43(3)69)58(85-63)52(74)47(72)39-66/h11,13,44-49,51-61,66-68,70-72,74-78H,4-10,12,14-42H2,1-3H3,(H,64,69)(H,65,73)(H,79,80)/b13-11-. The number of hydrogen-bond donors (Lipinski definition) is 14. The Labute approximate surface area is 511 Å². The van der Waals surface area contributed by atoms with E-state index in [0.717, 1.165) is 71.1 Å². The molecule has 0 aromatic carbocycles. The zero-order valence-electron chi connectivity index (χ0n) is 52.2. The van der Waals surface area contributed by atoms with Gasteiger partial charge in [0.1, 0.15) is 67.1 Å². The summed E-state index contributed by atoms with van der Waals surface area (Å²) in [5.74, 6) is -6.11. The molecule has 0 radical (unpaired) electrons. The van der Waals surface area contributed by atoms with Crippen molar-refractivity contribution in [2.75, 3.05) is 26.4 Å². The Bertz CT molecular complexity index is 1810. The molecule has 86 heavy (non-hydrogen) atoms. The molecule has 3 aliphatic rings. The van der Waals surface area contributed by atoms with Crippen LogP contribution >= 0.6 is 0 Å². The van der Waals surface area contributed by atoms with Crippen LogP contribution in [0, 0.1) is 0 Å². The van der Waals surface area contributed by atoms with Crippen molar-refractivity contribution in [1.82, 2.24) is 10.6 Å². The van der Waals surface area contributed by atoms with Gasteiger partial charge in [0.05, 0.1) is 50.7 Å². The Kier molecular flexibility index (Phi) is 40.5. The van der Waals surface area contributed by atoms with Crippen LogP contribution in [0.2, 0.25) is 0 Å². The first-order valence-corrected chi connectivity index (χ1v) is 33.0. The molecule has 23 heteroatoms. The summed E-state index contributed by atoms with van der Waals surface area (Å²) >= 11 is 0. The maximum Gasteiger partial charge on any atom is 0.364 e. The molecule has 18 unspecified atom stereocenters. The van der Waals surface area contributed by atoms with Gasteiger partial charge in [-0.2, -0.15) is 0 Å². The molecule has 3 saturated heterocycles. The lowest BCUT2D eigenvalue weighted by atomic mass is 9.88. The number of nitrogens with one attached hydrogen (secondary N) is 2. The molecule has 2 amide bonds. The molecule has 14 N–H and O–H groups in total. The topological polar surface area (TPSA) is 373 Å². The van der Waals surface area contributed by atoms with Crippen molar-refractivity contribution in [1.29, 1.82) is 0 Å². The Morgan fingerprint density at radius 3 is 1.60 bits per heavy atom. The number of ether oxygens (including phenoxy) is 6. The van der Waals surface area contributed by atoms with Crippen molar-refractivity contribution >= 4 is 17.8 Å². The highest BCUT2D eigenvalue weighted by atomic mass is 16.8. The lowest BCUT2D eigenvalue weighted by Crippen LogP contribution is -2.70. The van der Waals surface area contributed by atoms with E-state index in [0.29, 0.717) is 19.3 Å². The van der Waals surface area contributed by atoms with Crippen molar-refractivity contribution in [2.45, 2.75) is 342 Å². The van der Waals surface area contributed by atoms with Crippen LogP contribution in [0.1, 0.15) is 233 Å². The van der Waals surface area contributed by atoms with E-state index >= 15 is 0 Å². The van der Waals surface area contributed by atoms with Gasteiger partial charge in [-0.25, -0.2) is 4.79 Å². The van der Waals surface area contributed by atoms with Crippen molar-refractivity contribution in [3.63, 3.8) is 0 Å². The summed E-state index contributed by atoms with van der Waals surface area (Å²) in [5.41, 5.74) is 0. The average Bonchev–Trinajstić information content (AvgIpc) is 0.995. The fourth-order valence-electron chi connectivity index (χ4n) is 11.6. The number of rotatable bonds is 49. The van der Waals surface area contributed by atoms with Crippen LogP contribution in [0.4, 0.5) is 0 Å². The van der Waals surface area contributed by atoms with Gasteiger partial charge in [0, 0.05) is 19.8 Å². The number of aliphatic hydroxyl groups excluding tert-OH is 11. The lowest BCUT2D eigenvalue weighted by Gasteiger charge is -2.50. The first-order valence-electron chi connectivity index (χ1n) is 33.0. The van der Waals surface area contributed by atoms with Crippen molar-refractivity contribution in [3.8, 4) is 0 Å². The summed E-state index contributed by atoms with van der Waals surface area (Å²) in [4.78, 5) is 38.4. The molecule has 3 aliphatic heterocycles. The summed E-state index contributed by atoms with van der Waals surface area (Å²) in [6.07, 6.45) is 10.9. The van der Waals surface area contributed by atoms with Crippen LogP contribution in [0.15, 0.2) is 12.2 Å². The maximum atomic E-state index is 13.4. The fourth-order valence-corrected chi connectivity index (χ4v) is 11.6. The number of carboxylic acid groups (broad SMARTS) is 1. The van der Waals surface area contributed by atoms with E-state index in [9.17, 15) is 75.7 Å². The van der Waals surface area contributed by atoms with Gasteiger partial charge in [-0.1, -0.05) is 193 Å². The van der Waals surface area contributed by atoms with E-state index in [-0.39, 0.29) is 18.9 Å². The predicted octanol–water partition coefficient (Wildman–Crippen LogP) is 4.73. The molecule has 0 aromatic rings. The number of aliphatic carboxylic acids is 1. The molecule has 0 saturated carbocycles. The number of amides is 2. The number of carbonyl (C=O) groups is 3. The number of unbranched alkanes of at least 4 members (excludes halogenated alkanes) is 27. The summed E-state index contributed by atoms with van der Waals surface area (Å²) in [5, 5.41) is 136. The van der Waals surface area contributed by atoms with Crippen LogP contribution in [0.3, 0.4) is 0 Å². The summed E-state index contributed by atoms with van der Waals surface area (Å²) in [7, 11) is 0. The SMILES string of the molecule is CCCC/C=C\CCCCCCCC(=O)NC(COC1OC(CO)C(OC2OC(CO)C(O)C(OC3(C(=O)O)CC(O)C(NC(C)=O)C(C(O)C(O)CO)O3)C2O)C(O)C1O)C(O)CCCCCCCCCCCCCCCCCCCCCCC. The fraction of sp³-hybridized carbons (Fsp3) is 0.921. The normalized spacial score (nSPS) is 29.4. The van der Waals surface area contributed by atoms with Gasteiger partial charge in [-0.05, 0) is 32.1 Å². The van der Waals surface area contributed by atoms with Gasteiger partial charge in [-0.3, -0.25) is 9.59 Å². The molecule has 0 aromatic heterocycles. The third-order valence-corrected chi connectivity index (χ3v) is 17.0. The molecule has 0 spiro atoms. The smallest absolute Gasteiger partial charge is 0.364 e. The average molecular weight is 1240 g/mol. The monoisotopic (exact) mass is 1240 g/mol. The third kappa shape index (κ3) is 27.9. The number of aliphatic hydroxyl groups is 11. The van der Waals surface area contributed by atoms with E-state index < -0.39 is 148 Å². The minimum atomic E-state index is -3.08. The van der Waals surface area contributed by atoms with Crippen LogP contribution in [-0.4, -0.2) is 215 Å². The summed E-state index contributed by atoms with van der Waals surface area (Å²) in [6, 6.07) is -2.53. The maximum absolute atomic E-state index is 13.4. The van der Waals surface area contributed by atoms with E-state index in [1.807, 2.05) is 0 Å². The summed E-state index contributed by atoms with van der Waals surface area (Å²) < 4.78 is 34.8. The van der Waals surface area contributed by atoms with E-state index in [4.69, 9.17) is 28.4 Å². The largest absolute Gasteiger partial charge is 0.477 e. The first kappa shape index (κ1) is 77.7. The Morgan fingerprint density at radius 2 is 1.09 bits per heavy atom. The lowest BCUT2D eigenvalue weighted by molar-refractivity contribution is -0.386. The van der Waals surface area contributed by atoms with Crippen LogP contribution in [0.25, 0.3) is 0 Å². The Hall–Kier alpha value is -2.53. The highest BCUT2D eigenvalue weighted by molar-refractivity contribution is 5.77. The molecule has 3 fully saturated rings. The third-order valence-electron chi connectivity index (χ3n) is 17.0. The van der Waals surface area contributed by atoms with Gasteiger partial charge in [0.15, 0.2) is 12.6 Å². The zero-order chi connectivity index (χ0) is 63.3. The molecular weight excluding hydrogens is 1120 g/mol. The van der Waals surface area contributed by atoms with Crippen LogP contribution < -0.4 is 10.6 Å². The van der Waals surface area contributed by atoms with Gasteiger partial charge >= 0.3 is 5.97 Å². The highest BCUT2D eigenvalue weighted by Gasteiger charge is 2.60. The second-order valence-electron chi connectivity index (χ2n) is 24.3. The van der Waals surface area contributed by atoms with Crippen molar-refractivity contribution in [3.05, 3.63) is 12.2 Å². The molecule has 504 valence electrons. The highest BCUT2D eigenvalue weighted by Crippen LogP contribution is 2.39. The van der Waals surface area contributed by atoms with Crippen molar-refractivity contribution in [2.24, 2.45) is 0 Å². The molecule has 18 atom stereocenters. The van der Waals surface area contributed by atoms with E-state index in [1.54, 1.807) is 0 Å². The van der Waals surface area contributed by atoms with Gasteiger partial charge in [-0.15, -0.1) is 0 Å². The van der Waals surface area contributed by atoms with Gasteiger partial charge in [0.2, 0.25) is 11.8 Å². The number of carbonyl (C=O) groups excluding carboxylic acids is 2. The molecule has 0 aliphatic carbocycles. The Morgan fingerprint density at radius 1 is 0.593 bits per heavy atom. The predicted molar refractivity (Wildman–Crippen MR) is 320 cm³/mol. The summed E-state index contributed by atoms with van der Waals surface area (Å²) in [6.45, 7) is 2.14. The molecule has 3 rings (SSSR count). The molecule has 3 heterocycles. The minimum Gasteiger partial charge on any atom is -0.477 e. The second-order valence-corrected chi connectivity index (χ2v) is 24.3. The van der Waals surface area contributed by atoms with Crippen molar-refractivity contribution < 1.29 is 104 Å². The minimum absolute atomic E-state index is 0.214. The number of allylic oxidation sites excluding steroid dienone is 2. The first-order chi connectivity index (χ1) is 41.4. The van der Waals surface area contributed by atoms with Crippen LogP contribution in [0.5, 0.6) is 0 Å². The molecular formula is C63H116N2O21. The number of hydrogen-bond acceptors (Lipinski definition) is 20. The molecule has 0 bridgehead atoms. The van der Waals surface area contributed by atoms with Gasteiger partial charge in [0.25, 0.3) is 5.79 Å². The Balaban J connectivity index is 1.60. The van der Waals surface area contributed by atoms with E-state index in [2.05, 4.69) is 36.6 Å². The molecule has 23 nitrogen and oxygen atoms in total. The van der Waals surface area contributed by atoms with E-state index in [1.165, 1.54) is 116 Å². The number of carboxylic acids is 1. The second kappa shape index (κ2) is 44.9. The zero-order valence-corrected chi connectivity index (χ0v) is 52.2. The van der Waals surface area contributed by atoms with Crippen LogP contribution in [-0.2, 0) is 42.8 Å². The van der Waals surface area contributed by atoms with Gasteiger partial charge < -0.3 is 100 Å².